The second-order valence-corrected chi connectivity index (χ2v) is 6.33. The summed E-state index contributed by atoms with van der Waals surface area (Å²) in [6, 6.07) is 14.2. The van der Waals surface area contributed by atoms with Crippen LogP contribution >= 0.6 is 0 Å². The van der Waals surface area contributed by atoms with Gasteiger partial charge < -0.3 is 20.4 Å². The van der Waals surface area contributed by atoms with E-state index in [1.807, 2.05) is 43.3 Å². The fourth-order valence-corrected chi connectivity index (χ4v) is 2.53. The van der Waals surface area contributed by atoms with Crippen molar-refractivity contribution in [1.82, 2.24) is 0 Å². The quantitative estimate of drug-likeness (QED) is 0.821. The van der Waals surface area contributed by atoms with Crippen LogP contribution in [-0.2, 0) is 14.4 Å². The van der Waals surface area contributed by atoms with E-state index >= 15 is 0 Å². The van der Waals surface area contributed by atoms with Gasteiger partial charge in [0, 0.05) is 50.7 Å². The van der Waals surface area contributed by atoms with Gasteiger partial charge in [0.2, 0.25) is 17.7 Å². The molecule has 2 aromatic rings. The van der Waals surface area contributed by atoms with Gasteiger partial charge in [0.15, 0.2) is 0 Å². The van der Waals surface area contributed by atoms with Gasteiger partial charge in [-0.1, -0.05) is 6.07 Å². The molecule has 0 aromatic heterocycles. The molecule has 0 radical (unpaired) electrons. The number of benzene rings is 2. The highest BCUT2D eigenvalue weighted by molar-refractivity contribution is 6.02. The number of nitrogens with one attached hydrogen (secondary N) is 2. The monoisotopic (exact) mass is 368 g/mol. The van der Waals surface area contributed by atoms with Gasteiger partial charge in [-0.3, -0.25) is 14.4 Å². The van der Waals surface area contributed by atoms with Crippen molar-refractivity contribution in [2.45, 2.75) is 13.8 Å². The van der Waals surface area contributed by atoms with Crippen molar-refractivity contribution in [2.24, 2.45) is 0 Å². The van der Waals surface area contributed by atoms with Crippen molar-refractivity contribution in [3.63, 3.8) is 0 Å². The first-order chi connectivity index (χ1) is 12.8. The van der Waals surface area contributed by atoms with Crippen LogP contribution in [0.15, 0.2) is 48.5 Å². The molecule has 0 saturated heterocycles. The topological polar surface area (TPSA) is 81.8 Å². The molecule has 0 aliphatic carbocycles. The first-order valence-electron chi connectivity index (χ1n) is 8.49. The van der Waals surface area contributed by atoms with Crippen LogP contribution in [0.25, 0.3) is 0 Å². The average molecular weight is 368 g/mol. The maximum Gasteiger partial charge on any atom is 0.244 e. The van der Waals surface area contributed by atoms with Gasteiger partial charge in [-0.25, -0.2) is 0 Å². The number of nitrogens with zero attached hydrogens (tertiary/aromatic N) is 2. The highest BCUT2D eigenvalue weighted by Crippen LogP contribution is 2.20. The summed E-state index contributed by atoms with van der Waals surface area (Å²) < 4.78 is 0. The van der Waals surface area contributed by atoms with Crippen LogP contribution in [0.2, 0.25) is 0 Å². The smallest absolute Gasteiger partial charge is 0.244 e. The molecule has 0 fully saturated rings. The molecule has 0 atom stereocenters. The lowest BCUT2D eigenvalue weighted by Crippen LogP contribution is -2.36. The lowest BCUT2D eigenvalue weighted by Gasteiger charge is -2.21. The zero-order valence-corrected chi connectivity index (χ0v) is 15.9. The number of hydrogen-bond acceptors (Lipinski definition) is 4. The maximum atomic E-state index is 12.4. The SMILES string of the molecule is CC(=O)Nc1cccc(N(CC(=O)Nc2ccc(N(C)C)cc2)C(C)=O)c1. The minimum atomic E-state index is -0.312. The summed E-state index contributed by atoms with van der Waals surface area (Å²) in [5.41, 5.74) is 2.77. The van der Waals surface area contributed by atoms with Crippen molar-refractivity contribution < 1.29 is 14.4 Å². The molecule has 0 spiro atoms. The van der Waals surface area contributed by atoms with E-state index in [1.165, 1.54) is 18.7 Å². The Bertz CT molecular complexity index is 831. The first-order valence-corrected chi connectivity index (χ1v) is 8.49. The maximum absolute atomic E-state index is 12.4. The largest absolute Gasteiger partial charge is 0.378 e. The summed E-state index contributed by atoms with van der Waals surface area (Å²) in [7, 11) is 3.88. The molecule has 0 saturated carbocycles. The van der Waals surface area contributed by atoms with Crippen LogP contribution in [-0.4, -0.2) is 38.4 Å². The Morgan fingerprint density at radius 2 is 1.52 bits per heavy atom. The van der Waals surface area contributed by atoms with E-state index in [0.717, 1.165) is 5.69 Å². The number of hydrogen-bond donors (Lipinski definition) is 2. The number of carbonyl (C=O) groups is 3. The summed E-state index contributed by atoms with van der Waals surface area (Å²) in [6.07, 6.45) is 0. The third kappa shape index (κ3) is 5.85. The summed E-state index contributed by atoms with van der Waals surface area (Å²) in [4.78, 5) is 39.0. The van der Waals surface area contributed by atoms with E-state index in [0.29, 0.717) is 17.1 Å². The fourth-order valence-electron chi connectivity index (χ4n) is 2.53. The summed E-state index contributed by atoms with van der Waals surface area (Å²) in [6.45, 7) is 2.67. The van der Waals surface area contributed by atoms with Gasteiger partial charge in [0.25, 0.3) is 0 Å². The third-order valence-corrected chi connectivity index (χ3v) is 3.83. The zero-order chi connectivity index (χ0) is 20.0. The third-order valence-electron chi connectivity index (χ3n) is 3.83. The molecule has 2 aromatic carbocycles. The molecule has 142 valence electrons. The predicted molar refractivity (Wildman–Crippen MR) is 108 cm³/mol. The number of carbonyl (C=O) groups excluding carboxylic acids is 3. The van der Waals surface area contributed by atoms with Crippen LogP contribution in [0.1, 0.15) is 13.8 Å². The van der Waals surface area contributed by atoms with E-state index < -0.39 is 0 Å². The second-order valence-electron chi connectivity index (χ2n) is 6.33. The van der Waals surface area contributed by atoms with Crippen molar-refractivity contribution >= 4 is 40.5 Å². The van der Waals surface area contributed by atoms with Crippen molar-refractivity contribution in [3.05, 3.63) is 48.5 Å². The van der Waals surface area contributed by atoms with Crippen LogP contribution < -0.4 is 20.4 Å². The van der Waals surface area contributed by atoms with Gasteiger partial charge in [-0.05, 0) is 42.5 Å². The molecule has 2 rings (SSSR count). The Labute approximate surface area is 159 Å². The molecule has 0 bridgehead atoms. The number of rotatable bonds is 6. The standard InChI is InChI=1S/C20H24N4O3/c1-14(25)21-17-6-5-7-19(12-17)24(15(2)26)13-20(27)22-16-8-10-18(11-9-16)23(3)4/h5-12H,13H2,1-4H3,(H,21,25)(H,22,27). The zero-order valence-electron chi connectivity index (χ0n) is 15.9. The summed E-state index contributed by atoms with van der Waals surface area (Å²) in [5.74, 6) is -0.791. The molecule has 3 amide bonds. The molecule has 0 unspecified atom stereocenters. The van der Waals surface area contributed by atoms with Gasteiger partial charge in [-0.15, -0.1) is 0 Å². The normalized spacial score (nSPS) is 10.1. The lowest BCUT2D eigenvalue weighted by atomic mass is 10.2. The second kappa shape index (κ2) is 8.84. The molecule has 7 heteroatoms. The highest BCUT2D eigenvalue weighted by atomic mass is 16.2. The lowest BCUT2D eigenvalue weighted by molar-refractivity contribution is -0.120. The molecule has 0 aliphatic heterocycles. The summed E-state index contributed by atoms with van der Waals surface area (Å²) >= 11 is 0. The first kappa shape index (κ1) is 20.0. The van der Waals surface area contributed by atoms with Gasteiger partial charge in [0.1, 0.15) is 6.54 Å². The molecule has 0 heterocycles. The van der Waals surface area contributed by atoms with Gasteiger partial charge in [0.05, 0.1) is 0 Å². The van der Waals surface area contributed by atoms with Crippen LogP contribution in [0.4, 0.5) is 22.7 Å². The van der Waals surface area contributed by atoms with E-state index in [-0.39, 0.29) is 24.3 Å². The minimum Gasteiger partial charge on any atom is -0.378 e. The molecule has 2 N–H and O–H groups in total. The Morgan fingerprint density at radius 3 is 2.07 bits per heavy atom. The number of amides is 3. The molecular formula is C20H24N4O3. The number of anilines is 4. The van der Waals surface area contributed by atoms with E-state index in [4.69, 9.17) is 0 Å². The Hall–Kier alpha value is -3.35. The Morgan fingerprint density at radius 1 is 0.852 bits per heavy atom. The van der Waals surface area contributed by atoms with Crippen LogP contribution in [0.3, 0.4) is 0 Å². The van der Waals surface area contributed by atoms with Crippen molar-refractivity contribution in [1.29, 1.82) is 0 Å². The highest BCUT2D eigenvalue weighted by Gasteiger charge is 2.16. The van der Waals surface area contributed by atoms with E-state index in [2.05, 4.69) is 10.6 Å². The minimum absolute atomic E-state index is 0.131. The average Bonchev–Trinajstić information content (AvgIpc) is 2.59. The molecule has 7 nitrogen and oxygen atoms in total. The Kier molecular flexibility index (Phi) is 6.54. The van der Waals surface area contributed by atoms with Crippen molar-refractivity contribution in [2.75, 3.05) is 41.1 Å². The fraction of sp³-hybridized carbons (Fsp3) is 0.250. The van der Waals surface area contributed by atoms with Gasteiger partial charge >= 0.3 is 0 Å². The van der Waals surface area contributed by atoms with E-state index in [1.54, 1.807) is 24.3 Å². The van der Waals surface area contributed by atoms with Crippen LogP contribution in [0.5, 0.6) is 0 Å². The molecular weight excluding hydrogens is 344 g/mol. The Balaban J connectivity index is 2.10. The molecule has 0 aliphatic rings. The predicted octanol–water partition coefficient (Wildman–Crippen LogP) is 2.70. The van der Waals surface area contributed by atoms with Crippen LogP contribution in [0, 0.1) is 0 Å². The van der Waals surface area contributed by atoms with Crippen molar-refractivity contribution in [3.8, 4) is 0 Å². The molecule has 27 heavy (non-hydrogen) atoms. The van der Waals surface area contributed by atoms with Gasteiger partial charge in [-0.2, -0.15) is 0 Å². The summed E-state index contributed by atoms with van der Waals surface area (Å²) in [5, 5.41) is 5.45. The van der Waals surface area contributed by atoms with E-state index in [9.17, 15) is 14.4 Å².